The van der Waals surface area contributed by atoms with Crippen LogP contribution in [0.1, 0.15) is 28.7 Å². The average molecular weight is 283 g/mol. The summed E-state index contributed by atoms with van der Waals surface area (Å²) >= 11 is 6.96. The number of hydrogen-bond acceptors (Lipinski definition) is 5. The van der Waals surface area contributed by atoms with Gasteiger partial charge in [0.1, 0.15) is 4.88 Å². The van der Waals surface area contributed by atoms with Gasteiger partial charge in [-0.15, -0.1) is 5.10 Å². The van der Waals surface area contributed by atoms with Gasteiger partial charge in [-0.05, 0) is 30.1 Å². The molecule has 2 aromatic rings. The van der Waals surface area contributed by atoms with Crippen LogP contribution in [0.4, 0.5) is 5.69 Å². The van der Waals surface area contributed by atoms with Crippen molar-refractivity contribution >= 4 is 34.7 Å². The normalized spacial score (nSPS) is 10.3. The van der Waals surface area contributed by atoms with Crippen molar-refractivity contribution in [3.05, 3.63) is 34.1 Å². The van der Waals surface area contributed by atoms with Crippen LogP contribution in [0.5, 0.6) is 0 Å². The molecule has 0 aromatic carbocycles. The third-order valence-corrected chi connectivity index (χ3v) is 3.32. The van der Waals surface area contributed by atoms with E-state index in [-0.39, 0.29) is 11.1 Å². The second-order valence-corrected chi connectivity index (χ2v) is 4.71. The Morgan fingerprint density at radius 1 is 1.56 bits per heavy atom. The molecule has 0 aliphatic carbocycles. The van der Waals surface area contributed by atoms with Crippen LogP contribution >= 0.6 is 23.1 Å². The highest BCUT2D eigenvalue weighted by Gasteiger charge is 2.16. The molecule has 2 heterocycles. The summed E-state index contributed by atoms with van der Waals surface area (Å²) in [5.41, 5.74) is 1.21. The van der Waals surface area contributed by atoms with E-state index >= 15 is 0 Å². The van der Waals surface area contributed by atoms with Crippen molar-refractivity contribution in [1.82, 2.24) is 14.6 Å². The molecule has 0 aliphatic heterocycles. The summed E-state index contributed by atoms with van der Waals surface area (Å²) < 4.78 is 3.81. The van der Waals surface area contributed by atoms with Crippen LogP contribution in [0.15, 0.2) is 18.3 Å². The van der Waals surface area contributed by atoms with E-state index in [1.54, 1.807) is 18.3 Å². The highest BCUT2D eigenvalue weighted by atomic mass is 35.5. The lowest BCUT2D eigenvalue weighted by atomic mass is 10.2. The molecule has 0 fully saturated rings. The van der Waals surface area contributed by atoms with Crippen molar-refractivity contribution in [3.8, 4) is 0 Å². The monoisotopic (exact) mass is 282 g/mol. The SMILES string of the molecule is CCCc1nnsc1C(=O)Nc1cccnc1Cl. The predicted molar refractivity (Wildman–Crippen MR) is 71.1 cm³/mol. The molecule has 0 radical (unpaired) electrons. The molecule has 0 aliphatic rings. The molecule has 5 nitrogen and oxygen atoms in total. The third kappa shape index (κ3) is 2.83. The van der Waals surface area contributed by atoms with Crippen molar-refractivity contribution in [1.29, 1.82) is 0 Å². The largest absolute Gasteiger partial charge is 0.319 e. The lowest BCUT2D eigenvalue weighted by Crippen LogP contribution is -2.13. The van der Waals surface area contributed by atoms with Crippen LogP contribution in [0.25, 0.3) is 0 Å². The number of nitrogens with one attached hydrogen (secondary N) is 1. The lowest BCUT2D eigenvalue weighted by molar-refractivity contribution is 0.102. The number of halogens is 1. The standard InChI is InChI=1S/C11H11ClN4OS/c1-2-4-7-9(18-16-15-7)11(17)14-8-5-3-6-13-10(8)12/h3,5-6H,2,4H2,1H3,(H,14,17). The summed E-state index contributed by atoms with van der Waals surface area (Å²) in [6.45, 7) is 2.03. The predicted octanol–water partition coefficient (Wildman–Crippen LogP) is 2.79. The van der Waals surface area contributed by atoms with Crippen LogP contribution in [-0.2, 0) is 6.42 Å². The van der Waals surface area contributed by atoms with Gasteiger partial charge in [-0.2, -0.15) is 0 Å². The summed E-state index contributed by atoms with van der Waals surface area (Å²) in [5.74, 6) is -0.247. The van der Waals surface area contributed by atoms with E-state index < -0.39 is 0 Å². The van der Waals surface area contributed by atoms with Gasteiger partial charge in [0.2, 0.25) is 0 Å². The lowest BCUT2D eigenvalue weighted by Gasteiger charge is -2.05. The Balaban J connectivity index is 2.17. The summed E-state index contributed by atoms with van der Waals surface area (Å²) in [7, 11) is 0. The molecule has 94 valence electrons. The fourth-order valence-electron chi connectivity index (χ4n) is 1.44. The van der Waals surface area contributed by atoms with Crippen molar-refractivity contribution in [2.24, 2.45) is 0 Å². The van der Waals surface area contributed by atoms with Crippen LogP contribution in [0.2, 0.25) is 5.15 Å². The zero-order valence-electron chi connectivity index (χ0n) is 9.68. The van der Waals surface area contributed by atoms with E-state index in [4.69, 9.17) is 11.6 Å². The summed E-state index contributed by atoms with van der Waals surface area (Å²) in [6, 6.07) is 3.40. The first-order chi connectivity index (χ1) is 8.72. The molecule has 2 aromatic heterocycles. The average Bonchev–Trinajstić information content (AvgIpc) is 2.81. The fourth-order valence-corrected chi connectivity index (χ4v) is 2.21. The minimum atomic E-state index is -0.247. The zero-order valence-corrected chi connectivity index (χ0v) is 11.3. The Bertz CT molecular complexity index is 557. The number of carbonyl (C=O) groups excluding carboxylic acids is 1. The maximum atomic E-state index is 12.1. The molecular formula is C11H11ClN4OS. The van der Waals surface area contributed by atoms with E-state index in [9.17, 15) is 4.79 Å². The van der Waals surface area contributed by atoms with Gasteiger partial charge >= 0.3 is 0 Å². The topological polar surface area (TPSA) is 67.8 Å². The quantitative estimate of drug-likeness (QED) is 0.876. The Kier molecular flexibility index (Phi) is 4.22. The molecule has 1 N–H and O–H groups in total. The van der Waals surface area contributed by atoms with Gasteiger partial charge in [0.05, 0.1) is 11.4 Å². The summed E-state index contributed by atoms with van der Waals surface area (Å²) in [6.07, 6.45) is 3.22. The van der Waals surface area contributed by atoms with Crippen molar-refractivity contribution < 1.29 is 4.79 Å². The van der Waals surface area contributed by atoms with E-state index in [2.05, 4.69) is 19.9 Å². The van der Waals surface area contributed by atoms with E-state index in [0.29, 0.717) is 10.6 Å². The first-order valence-corrected chi connectivity index (χ1v) is 6.60. The fraction of sp³-hybridized carbons (Fsp3) is 0.273. The smallest absolute Gasteiger partial charge is 0.269 e. The maximum absolute atomic E-state index is 12.1. The molecule has 2 rings (SSSR count). The second kappa shape index (κ2) is 5.88. The molecular weight excluding hydrogens is 272 g/mol. The van der Waals surface area contributed by atoms with Gasteiger partial charge in [0, 0.05) is 6.20 Å². The van der Waals surface area contributed by atoms with E-state index in [1.165, 1.54) is 0 Å². The number of anilines is 1. The maximum Gasteiger partial charge on any atom is 0.269 e. The van der Waals surface area contributed by atoms with Crippen molar-refractivity contribution in [3.63, 3.8) is 0 Å². The number of aryl methyl sites for hydroxylation is 1. The first kappa shape index (κ1) is 12.9. The van der Waals surface area contributed by atoms with E-state index in [1.807, 2.05) is 6.92 Å². The van der Waals surface area contributed by atoms with Crippen LogP contribution in [0.3, 0.4) is 0 Å². The molecule has 0 unspecified atom stereocenters. The number of pyridine rings is 1. The van der Waals surface area contributed by atoms with Gasteiger partial charge in [-0.25, -0.2) is 4.98 Å². The zero-order chi connectivity index (χ0) is 13.0. The Hall–Kier alpha value is -1.53. The number of nitrogens with zero attached hydrogens (tertiary/aromatic N) is 3. The number of aromatic nitrogens is 3. The minimum Gasteiger partial charge on any atom is -0.319 e. The Labute approximate surface area is 113 Å². The van der Waals surface area contributed by atoms with Gasteiger partial charge in [0.15, 0.2) is 5.15 Å². The third-order valence-electron chi connectivity index (χ3n) is 2.26. The van der Waals surface area contributed by atoms with Crippen molar-refractivity contribution in [2.45, 2.75) is 19.8 Å². The minimum absolute atomic E-state index is 0.247. The van der Waals surface area contributed by atoms with Gasteiger partial charge in [-0.3, -0.25) is 4.79 Å². The molecule has 18 heavy (non-hydrogen) atoms. The molecule has 7 heteroatoms. The first-order valence-electron chi connectivity index (χ1n) is 5.45. The Morgan fingerprint density at radius 2 is 2.39 bits per heavy atom. The van der Waals surface area contributed by atoms with Gasteiger partial charge in [-0.1, -0.05) is 29.4 Å². The second-order valence-electron chi connectivity index (χ2n) is 3.59. The summed E-state index contributed by atoms with van der Waals surface area (Å²) in [4.78, 5) is 16.5. The van der Waals surface area contributed by atoms with Crippen LogP contribution in [0, 0.1) is 0 Å². The molecule has 0 spiro atoms. The van der Waals surface area contributed by atoms with Crippen LogP contribution < -0.4 is 5.32 Å². The van der Waals surface area contributed by atoms with Gasteiger partial charge in [0.25, 0.3) is 5.91 Å². The molecule has 1 amide bonds. The van der Waals surface area contributed by atoms with Gasteiger partial charge < -0.3 is 5.32 Å². The number of carbonyl (C=O) groups is 1. The van der Waals surface area contributed by atoms with Crippen LogP contribution in [-0.4, -0.2) is 20.5 Å². The van der Waals surface area contributed by atoms with Crippen molar-refractivity contribution in [2.75, 3.05) is 5.32 Å². The molecule has 0 atom stereocenters. The highest BCUT2D eigenvalue weighted by molar-refractivity contribution is 7.08. The molecule has 0 saturated heterocycles. The van der Waals surface area contributed by atoms with E-state index in [0.717, 1.165) is 30.1 Å². The highest BCUT2D eigenvalue weighted by Crippen LogP contribution is 2.20. The molecule has 0 saturated carbocycles. The summed E-state index contributed by atoms with van der Waals surface area (Å²) in [5, 5.41) is 6.92. The number of amides is 1. The Morgan fingerprint density at radius 3 is 3.11 bits per heavy atom. The molecule has 0 bridgehead atoms. The number of rotatable bonds is 4. The number of hydrogen-bond donors (Lipinski definition) is 1.